The molecule has 0 aliphatic carbocycles. The molecule has 0 aliphatic rings. The highest BCUT2D eigenvalue weighted by molar-refractivity contribution is 5.12. The van der Waals surface area contributed by atoms with Gasteiger partial charge in [-0.2, -0.15) is 5.10 Å². The average Bonchev–Trinajstić information content (AvgIpc) is 2.83. The van der Waals surface area contributed by atoms with Gasteiger partial charge in [0.1, 0.15) is 0 Å². The second-order valence-electron chi connectivity index (χ2n) is 3.75. The molecule has 0 fully saturated rings. The molecule has 6 heteroatoms. The third-order valence-corrected chi connectivity index (χ3v) is 2.04. The summed E-state index contributed by atoms with van der Waals surface area (Å²) in [7, 11) is 0. The number of aryl methyl sites for hydroxylation is 1. The van der Waals surface area contributed by atoms with Crippen LogP contribution in [0.15, 0.2) is 16.8 Å². The van der Waals surface area contributed by atoms with Gasteiger partial charge in [-0.3, -0.25) is 4.68 Å². The smallest absolute Gasteiger partial charge is 0.253 e. The molecular weight excluding hydrogens is 208 g/mol. The third-order valence-electron chi connectivity index (χ3n) is 2.04. The van der Waals surface area contributed by atoms with Gasteiger partial charge in [0.05, 0.1) is 12.4 Å². The molecule has 2 aromatic heterocycles. The Morgan fingerprint density at radius 1 is 1.44 bits per heavy atom. The van der Waals surface area contributed by atoms with Gasteiger partial charge < -0.3 is 9.15 Å². The van der Waals surface area contributed by atoms with Crippen LogP contribution in [0, 0.1) is 6.92 Å². The average molecular weight is 222 g/mol. The maximum Gasteiger partial charge on any atom is 0.253 e. The fraction of sp³-hybridized carbons (Fsp3) is 0.500. The number of aromatic nitrogens is 4. The Bertz CT molecular complexity index is 461. The molecule has 0 bridgehead atoms. The molecule has 2 heterocycles. The second-order valence-corrected chi connectivity index (χ2v) is 3.75. The van der Waals surface area contributed by atoms with Crippen molar-refractivity contribution in [1.82, 2.24) is 20.0 Å². The molecule has 0 aromatic carbocycles. The number of nitrogens with zero attached hydrogens (tertiary/aromatic N) is 4. The lowest BCUT2D eigenvalue weighted by molar-refractivity contribution is 0.260. The van der Waals surface area contributed by atoms with Crippen LogP contribution in [0.5, 0.6) is 5.75 Å². The van der Waals surface area contributed by atoms with Crippen LogP contribution in [0.4, 0.5) is 0 Å². The number of ether oxygens (including phenoxy) is 1. The molecule has 0 unspecified atom stereocenters. The Balaban J connectivity index is 1.94. The lowest BCUT2D eigenvalue weighted by Gasteiger charge is -2.03. The van der Waals surface area contributed by atoms with Gasteiger partial charge in [-0.15, -0.1) is 10.2 Å². The maximum atomic E-state index is 5.46. The van der Waals surface area contributed by atoms with E-state index in [0.717, 1.165) is 0 Å². The predicted octanol–water partition coefficient (Wildman–Crippen LogP) is 1.73. The van der Waals surface area contributed by atoms with Gasteiger partial charge in [-0.25, -0.2) is 0 Å². The first-order valence-electron chi connectivity index (χ1n) is 5.11. The molecule has 0 saturated carbocycles. The van der Waals surface area contributed by atoms with Gasteiger partial charge in [-0.05, 0) is 13.8 Å². The Labute approximate surface area is 93.2 Å². The molecule has 0 atom stereocenters. The predicted molar refractivity (Wildman–Crippen MR) is 56.0 cm³/mol. The largest absolute Gasteiger partial charge is 0.481 e. The molecule has 86 valence electrons. The highest BCUT2D eigenvalue weighted by Crippen LogP contribution is 2.13. The topological polar surface area (TPSA) is 66.0 Å². The molecule has 2 aromatic rings. The van der Waals surface area contributed by atoms with Crippen LogP contribution in [0.25, 0.3) is 0 Å². The van der Waals surface area contributed by atoms with E-state index in [2.05, 4.69) is 29.1 Å². The Hall–Kier alpha value is -1.85. The van der Waals surface area contributed by atoms with Crippen LogP contribution in [0.1, 0.15) is 31.7 Å². The van der Waals surface area contributed by atoms with Crippen molar-refractivity contribution in [2.75, 3.05) is 0 Å². The molecule has 0 amide bonds. The van der Waals surface area contributed by atoms with Gasteiger partial charge in [-0.1, -0.05) is 0 Å². The van der Waals surface area contributed by atoms with E-state index in [4.69, 9.17) is 9.15 Å². The summed E-state index contributed by atoms with van der Waals surface area (Å²) in [6.45, 7) is 6.12. The summed E-state index contributed by atoms with van der Waals surface area (Å²) in [5.41, 5.74) is 0. The Kier molecular flexibility index (Phi) is 2.89. The Morgan fingerprint density at radius 3 is 2.81 bits per heavy atom. The van der Waals surface area contributed by atoms with Crippen molar-refractivity contribution in [2.24, 2.45) is 0 Å². The third kappa shape index (κ3) is 2.39. The maximum absolute atomic E-state index is 5.46. The van der Waals surface area contributed by atoms with Crippen LogP contribution in [-0.4, -0.2) is 20.0 Å². The summed E-state index contributed by atoms with van der Waals surface area (Å²) in [6, 6.07) is 0.322. The molecule has 0 spiro atoms. The lowest BCUT2D eigenvalue weighted by atomic mass is 10.4. The summed E-state index contributed by atoms with van der Waals surface area (Å²) < 4.78 is 12.5. The van der Waals surface area contributed by atoms with Crippen LogP contribution in [0.2, 0.25) is 0 Å². The van der Waals surface area contributed by atoms with Gasteiger partial charge in [0.2, 0.25) is 5.89 Å². The van der Waals surface area contributed by atoms with Crippen molar-refractivity contribution < 1.29 is 9.15 Å². The van der Waals surface area contributed by atoms with Crippen LogP contribution < -0.4 is 4.74 Å². The summed E-state index contributed by atoms with van der Waals surface area (Å²) >= 11 is 0. The molecule has 2 rings (SSSR count). The zero-order valence-corrected chi connectivity index (χ0v) is 9.54. The molecule has 0 saturated heterocycles. The van der Waals surface area contributed by atoms with E-state index in [9.17, 15) is 0 Å². The second kappa shape index (κ2) is 4.34. The van der Waals surface area contributed by atoms with Crippen LogP contribution in [0.3, 0.4) is 0 Å². The first-order valence-corrected chi connectivity index (χ1v) is 5.11. The summed E-state index contributed by atoms with van der Waals surface area (Å²) in [5.74, 6) is 1.70. The summed E-state index contributed by atoms with van der Waals surface area (Å²) in [6.07, 6.45) is 3.51. The van der Waals surface area contributed by atoms with E-state index in [0.29, 0.717) is 23.6 Å². The standard InChI is InChI=1S/C10H14N4O2/c1-7(2)14-5-9(4-11-14)15-6-10-13-12-8(3)16-10/h4-5,7H,6H2,1-3H3. The monoisotopic (exact) mass is 222 g/mol. The SMILES string of the molecule is Cc1nnc(COc2cnn(C(C)C)c2)o1. The van der Waals surface area contributed by atoms with Crippen LogP contribution >= 0.6 is 0 Å². The number of hydrogen-bond donors (Lipinski definition) is 0. The van der Waals surface area contributed by atoms with Crippen molar-refractivity contribution in [1.29, 1.82) is 0 Å². The summed E-state index contributed by atoms with van der Waals surface area (Å²) in [5, 5.41) is 11.7. The quantitative estimate of drug-likeness (QED) is 0.788. The van der Waals surface area contributed by atoms with Crippen molar-refractivity contribution in [3.05, 3.63) is 24.2 Å². The Morgan fingerprint density at radius 2 is 2.25 bits per heavy atom. The van der Waals surface area contributed by atoms with E-state index in [-0.39, 0.29) is 6.61 Å². The lowest BCUT2D eigenvalue weighted by Crippen LogP contribution is -2.00. The number of hydrogen-bond acceptors (Lipinski definition) is 5. The zero-order valence-electron chi connectivity index (χ0n) is 9.54. The van der Waals surface area contributed by atoms with E-state index < -0.39 is 0 Å². The fourth-order valence-corrected chi connectivity index (χ4v) is 1.22. The first-order chi connectivity index (χ1) is 7.65. The minimum Gasteiger partial charge on any atom is -0.481 e. The first kappa shape index (κ1) is 10.7. The van der Waals surface area contributed by atoms with E-state index in [1.807, 2.05) is 10.9 Å². The van der Waals surface area contributed by atoms with Crippen molar-refractivity contribution in [3.8, 4) is 5.75 Å². The zero-order chi connectivity index (χ0) is 11.5. The molecule has 6 nitrogen and oxygen atoms in total. The van der Waals surface area contributed by atoms with E-state index >= 15 is 0 Å². The highest BCUT2D eigenvalue weighted by atomic mass is 16.5. The van der Waals surface area contributed by atoms with Gasteiger partial charge in [0.25, 0.3) is 5.89 Å². The molecule has 16 heavy (non-hydrogen) atoms. The fourth-order valence-electron chi connectivity index (χ4n) is 1.22. The molecular formula is C10H14N4O2. The minimum atomic E-state index is 0.268. The van der Waals surface area contributed by atoms with Gasteiger partial charge in [0.15, 0.2) is 12.4 Å². The van der Waals surface area contributed by atoms with Gasteiger partial charge in [0, 0.05) is 13.0 Å². The van der Waals surface area contributed by atoms with Crippen molar-refractivity contribution >= 4 is 0 Å². The van der Waals surface area contributed by atoms with Gasteiger partial charge >= 0.3 is 0 Å². The molecule has 0 aliphatic heterocycles. The normalized spacial score (nSPS) is 11.0. The van der Waals surface area contributed by atoms with Crippen molar-refractivity contribution in [3.63, 3.8) is 0 Å². The van der Waals surface area contributed by atoms with E-state index in [1.54, 1.807) is 13.1 Å². The number of rotatable bonds is 4. The van der Waals surface area contributed by atoms with E-state index in [1.165, 1.54) is 0 Å². The summed E-state index contributed by atoms with van der Waals surface area (Å²) in [4.78, 5) is 0. The molecule has 0 radical (unpaired) electrons. The highest BCUT2D eigenvalue weighted by Gasteiger charge is 2.06. The molecule has 0 N–H and O–H groups in total. The minimum absolute atomic E-state index is 0.268. The van der Waals surface area contributed by atoms with Crippen molar-refractivity contribution in [2.45, 2.75) is 33.4 Å². The van der Waals surface area contributed by atoms with Crippen LogP contribution in [-0.2, 0) is 6.61 Å².